The van der Waals surface area contributed by atoms with Gasteiger partial charge in [-0.1, -0.05) is 37.8 Å². The Kier molecular flexibility index (Phi) is 5.88. The molecule has 0 spiro atoms. The van der Waals surface area contributed by atoms with Crippen LogP contribution in [0.4, 0.5) is 5.69 Å². The van der Waals surface area contributed by atoms with Crippen molar-refractivity contribution in [1.82, 2.24) is 5.32 Å². The molecular formula is C16H24ClN3O. The smallest absolute Gasteiger partial charge is 0.253 e. The normalized spacial score (nSPS) is 21.9. The van der Waals surface area contributed by atoms with E-state index in [1.165, 1.54) is 32.1 Å². The van der Waals surface area contributed by atoms with E-state index in [0.29, 0.717) is 22.2 Å². The van der Waals surface area contributed by atoms with E-state index in [2.05, 4.69) is 17.7 Å². The van der Waals surface area contributed by atoms with E-state index in [9.17, 15) is 4.79 Å². The Labute approximate surface area is 131 Å². The van der Waals surface area contributed by atoms with Crippen LogP contribution in [0.25, 0.3) is 0 Å². The number of amides is 1. The lowest BCUT2D eigenvalue weighted by Gasteiger charge is -2.27. The van der Waals surface area contributed by atoms with E-state index in [1.807, 2.05) is 0 Å². The number of benzene rings is 1. The van der Waals surface area contributed by atoms with Crippen LogP contribution >= 0.6 is 11.6 Å². The lowest BCUT2D eigenvalue weighted by Crippen LogP contribution is -2.32. The summed E-state index contributed by atoms with van der Waals surface area (Å²) in [7, 11) is 0. The van der Waals surface area contributed by atoms with Crippen molar-refractivity contribution >= 4 is 23.2 Å². The highest BCUT2D eigenvalue weighted by Gasteiger charge is 2.21. The molecule has 1 amide bonds. The van der Waals surface area contributed by atoms with E-state index >= 15 is 0 Å². The molecule has 1 fully saturated rings. The molecule has 1 aliphatic rings. The second-order valence-corrected chi connectivity index (χ2v) is 6.28. The predicted molar refractivity (Wildman–Crippen MR) is 87.3 cm³/mol. The Hall–Kier alpha value is -1.26. The lowest BCUT2D eigenvalue weighted by molar-refractivity contribution is 0.0942. The van der Waals surface area contributed by atoms with Crippen LogP contribution in [0.5, 0.6) is 0 Å². The van der Waals surface area contributed by atoms with Crippen LogP contribution in [0.15, 0.2) is 18.2 Å². The third-order valence-corrected chi connectivity index (χ3v) is 4.71. The van der Waals surface area contributed by atoms with Gasteiger partial charge < -0.3 is 10.7 Å². The molecular weight excluding hydrogens is 286 g/mol. The number of hydrogen-bond acceptors (Lipinski definition) is 3. The number of carbonyl (C=O) groups is 1. The molecule has 0 atom stereocenters. The number of halogens is 1. The van der Waals surface area contributed by atoms with Crippen molar-refractivity contribution in [2.75, 3.05) is 12.0 Å². The molecule has 0 bridgehead atoms. The first-order chi connectivity index (χ1) is 10.1. The second kappa shape index (κ2) is 7.66. The molecule has 5 heteroatoms. The van der Waals surface area contributed by atoms with Gasteiger partial charge in [-0.25, -0.2) is 0 Å². The maximum Gasteiger partial charge on any atom is 0.253 e. The molecule has 1 aromatic carbocycles. The van der Waals surface area contributed by atoms with Gasteiger partial charge in [0.15, 0.2) is 0 Å². The van der Waals surface area contributed by atoms with Gasteiger partial charge in [0.2, 0.25) is 0 Å². The van der Waals surface area contributed by atoms with Crippen molar-refractivity contribution in [1.29, 1.82) is 0 Å². The zero-order chi connectivity index (χ0) is 15.2. The number of nitrogen functional groups attached to an aromatic ring is 1. The Balaban J connectivity index is 1.89. The molecule has 21 heavy (non-hydrogen) atoms. The maximum atomic E-state index is 12.3. The molecule has 0 aliphatic heterocycles. The van der Waals surface area contributed by atoms with Crippen LogP contribution in [-0.4, -0.2) is 12.5 Å². The highest BCUT2D eigenvalue weighted by molar-refractivity contribution is 6.31. The molecule has 4 N–H and O–H groups in total. The lowest BCUT2D eigenvalue weighted by atomic mass is 9.81. The molecule has 2 rings (SSSR count). The van der Waals surface area contributed by atoms with Gasteiger partial charge in [0.25, 0.3) is 5.91 Å². The van der Waals surface area contributed by atoms with E-state index in [0.717, 1.165) is 12.5 Å². The van der Waals surface area contributed by atoms with Gasteiger partial charge >= 0.3 is 0 Å². The molecule has 0 radical (unpaired) electrons. The number of carbonyl (C=O) groups excluding carboxylic acids is 1. The largest absolute Gasteiger partial charge is 0.352 e. The Morgan fingerprint density at radius 3 is 2.57 bits per heavy atom. The summed E-state index contributed by atoms with van der Waals surface area (Å²) in [4.78, 5) is 12.3. The summed E-state index contributed by atoms with van der Waals surface area (Å²) < 4.78 is 0. The summed E-state index contributed by atoms with van der Waals surface area (Å²) in [5.41, 5.74) is 3.62. The van der Waals surface area contributed by atoms with Crippen LogP contribution in [0.1, 0.15) is 49.4 Å². The van der Waals surface area contributed by atoms with Gasteiger partial charge in [-0.2, -0.15) is 0 Å². The summed E-state index contributed by atoms with van der Waals surface area (Å²) in [5, 5.41) is 3.54. The van der Waals surface area contributed by atoms with Crippen LogP contribution < -0.4 is 16.6 Å². The van der Waals surface area contributed by atoms with Crippen molar-refractivity contribution in [2.45, 2.75) is 39.0 Å². The third-order valence-electron chi connectivity index (χ3n) is 4.48. The van der Waals surface area contributed by atoms with E-state index in [-0.39, 0.29) is 5.91 Å². The molecule has 0 unspecified atom stereocenters. The first-order valence-electron chi connectivity index (χ1n) is 7.68. The molecule has 1 saturated carbocycles. The highest BCUT2D eigenvalue weighted by atomic mass is 35.5. The standard InChI is InChI=1S/C16H24ClN3O/c1-2-11-3-5-12(6-4-11)10-19-16(21)14-9-13(17)7-8-15(14)20-18/h7-9,11-12,20H,2-6,10,18H2,1H3,(H,19,21). The van der Waals surface area contributed by atoms with Crippen molar-refractivity contribution in [3.8, 4) is 0 Å². The van der Waals surface area contributed by atoms with Gasteiger partial charge in [0.05, 0.1) is 11.3 Å². The van der Waals surface area contributed by atoms with Crippen molar-refractivity contribution in [3.05, 3.63) is 28.8 Å². The number of hydrogen-bond donors (Lipinski definition) is 3. The molecule has 116 valence electrons. The number of hydrazine groups is 1. The van der Waals surface area contributed by atoms with Gasteiger partial charge in [-0.3, -0.25) is 10.6 Å². The maximum absolute atomic E-state index is 12.3. The van der Waals surface area contributed by atoms with Crippen LogP contribution in [0, 0.1) is 11.8 Å². The summed E-state index contributed by atoms with van der Waals surface area (Å²) in [6, 6.07) is 5.06. The minimum atomic E-state index is -0.122. The zero-order valence-corrected chi connectivity index (χ0v) is 13.2. The SMILES string of the molecule is CCC1CCC(CNC(=O)c2cc(Cl)ccc2NN)CC1. The van der Waals surface area contributed by atoms with Gasteiger partial charge in [0.1, 0.15) is 0 Å². The summed E-state index contributed by atoms with van der Waals surface area (Å²) in [6.45, 7) is 2.99. The summed E-state index contributed by atoms with van der Waals surface area (Å²) >= 11 is 5.95. The molecule has 1 aliphatic carbocycles. The van der Waals surface area contributed by atoms with Crippen LogP contribution in [0.2, 0.25) is 5.02 Å². The Morgan fingerprint density at radius 1 is 1.29 bits per heavy atom. The highest BCUT2D eigenvalue weighted by Crippen LogP contribution is 2.30. The average Bonchev–Trinajstić information content (AvgIpc) is 2.53. The quantitative estimate of drug-likeness (QED) is 0.575. The number of rotatable bonds is 5. The fourth-order valence-electron chi connectivity index (χ4n) is 3.01. The minimum Gasteiger partial charge on any atom is -0.352 e. The van der Waals surface area contributed by atoms with Crippen molar-refractivity contribution in [3.63, 3.8) is 0 Å². The molecule has 0 heterocycles. The number of anilines is 1. The first kappa shape index (κ1) is 16.1. The van der Waals surface area contributed by atoms with Crippen LogP contribution in [-0.2, 0) is 0 Å². The summed E-state index contributed by atoms with van der Waals surface area (Å²) in [6.07, 6.45) is 6.24. The van der Waals surface area contributed by atoms with Crippen LogP contribution in [0.3, 0.4) is 0 Å². The van der Waals surface area contributed by atoms with E-state index in [4.69, 9.17) is 17.4 Å². The molecule has 1 aromatic rings. The van der Waals surface area contributed by atoms with Gasteiger partial charge in [-0.05, 0) is 42.9 Å². The van der Waals surface area contributed by atoms with Crippen molar-refractivity contribution < 1.29 is 4.79 Å². The van der Waals surface area contributed by atoms with Gasteiger partial charge in [0, 0.05) is 11.6 Å². The molecule has 0 saturated heterocycles. The average molecular weight is 310 g/mol. The molecule has 4 nitrogen and oxygen atoms in total. The minimum absolute atomic E-state index is 0.122. The first-order valence-corrected chi connectivity index (χ1v) is 8.06. The second-order valence-electron chi connectivity index (χ2n) is 5.84. The topological polar surface area (TPSA) is 67.2 Å². The predicted octanol–water partition coefficient (Wildman–Crippen LogP) is 3.57. The Bertz CT molecular complexity index is 484. The fraction of sp³-hybridized carbons (Fsp3) is 0.562. The number of nitrogens with two attached hydrogens (primary N) is 1. The number of nitrogens with one attached hydrogen (secondary N) is 2. The Morgan fingerprint density at radius 2 is 1.95 bits per heavy atom. The summed E-state index contributed by atoms with van der Waals surface area (Å²) in [5.74, 6) is 6.77. The van der Waals surface area contributed by atoms with E-state index in [1.54, 1.807) is 18.2 Å². The van der Waals surface area contributed by atoms with E-state index < -0.39 is 0 Å². The third kappa shape index (κ3) is 4.35. The molecule has 0 aromatic heterocycles. The van der Waals surface area contributed by atoms with Gasteiger partial charge in [-0.15, -0.1) is 0 Å². The monoisotopic (exact) mass is 309 g/mol. The fourth-order valence-corrected chi connectivity index (χ4v) is 3.18. The zero-order valence-electron chi connectivity index (χ0n) is 12.5. The van der Waals surface area contributed by atoms with Crippen molar-refractivity contribution in [2.24, 2.45) is 17.7 Å².